The molecule has 1 atom stereocenters. The summed E-state index contributed by atoms with van der Waals surface area (Å²) in [6, 6.07) is 0. The molecule has 0 aromatic carbocycles. The molecule has 0 N–H and O–H groups in total. The van der Waals surface area contributed by atoms with Gasteiger partial charge in [-0.3, -0.25) is 0 Å². The highest BCUT2D eigenvalue weighted by Crippen LogP contribution is 2.13. The van der Waals surface area contributed by atoms with Crippen LogP contribution in [0.15, 0.2) is 0 Å². The highest BCUT2D eigenvalue weighted by molar-refractivity contribution is 6.17. The molecule has 0 aliphatic heterocycles. The molecule has 0 bridgehead atoms. The van der Waals surface area contributed by atoms with E-state index in [1.807, 2.05) is 0 Å². The molecule has 0 aromatic heterocycles. The first-order chi connectivity index (χ1) is 8.68. The van der Waals surface area contributed by atoms with Crippen LogP contribution in [0.4, 0.5) is 0 Å². The number of nitrogens with zero attached hydrogens (tertiary/aromatic N) is 1. The van der Waals surface area contributed by atoms with Crippen LogP contribution in [0.1, 0.15) is 71.6 Å². The predicted molar refractivity (Wildman–Crippen MR) is 84.4 cm³/mol. The van der Waals surface area contributed by atoms with Crippen molar-refractivity contribution in [3.63, 3.8) is 0 Å². The molecule has 0 spiro atoms. The van der Waals surface area contributed by atoms with Gasteiger partial charge in [-0.1, -0.05) is 33.1 Å². The van der Waals surface area contributed by atoms with E-state index in [0.29, 0.717) is 0 Å². The summed E-state index contributed by atoms with van der Waals surface area (Å²) < 4.78 is 1.28. The molecule has 1 nitrogen and oxygen atoms in total. The summed E-state index contributed by atoms with van der Waals surface area (Å²) >= 11 is 5.80. The van der Waals surface area contributed by atoms with Crippen LogP contribution in [0, 0.1) is 0 Å². The molecule has 0 rings (SSSR count). The van der Waals surface area contributed by atoms with Crippen LogP contribution >= 0.6 is 11.6 Å². The third-order valence-electron chi connectivity index (χ3n) is 3.93. The molecule has 0 aromatic rings. The van der Waals surface area contributed by atoms with Crippen molar-refractivity contribution in [2.24, 2.45) is 0 Å². The van der Waals surface area contributed by atoms with Gasteiger partial charge in [0.25, 0.3) is 0 Å². The maximum atomic E-state index is 5.80. The molecule has 19 heavy (non-hydrogen) atoms. The number of unbranched alkanes of at least 4 members (excludes halogenated alkanes) is 6. The normalized spacial score (nSPS) is 13.9. The van der Waals surface area contributed by atoms with E-state index in [1.54, 1.807) is 0 Å². The molecule has 0 saturated carbocycles. The Hall–Kier alpha value is 0.980. The summed E-state index contributed by atoms with van der Waals surface area (Å²) in [6.45, 7) is 8.63. The van der Waals surface area contributed by atoms with Gasteiger partial charge in [-0.2, -0.15) is 0 Å². The quantitative estimate of drug-likeness (QED) is 0.191. The minimum absolute atomic E-state index is 0. The molecule has 0 aliphatic rings. The van der Waals surface area contributed by atoms with E-state index >= 15 is 0 Å². The Labute approximate surface area is 144 Å². The highest BCUT2D eigenvalue weighted by Gasteiger charge is 2.19. The lowest BCUT2D eigenvalue weighted by Crippen LogP contribution is -3.00. The van der Waals surface area contributed by atoms with Gasteiger partial charge in [0.15, 0.2) is 0 Å². The Balaban J connectivity index is 0. The maximum Gasteiger partial charge on any atom is 0.0784 e. The van der Waals surface area contributed by atoms with Crippen molar-refractivity contribution < 1.29 is 28.5 Å². The lowest BCUT2D eigenvalue weighted by molar-refractivity contribution is -0.910. The van der Waals surface area contributed by atoms with Crippen LogP contribution in [0.2, 0.25) is 0 Å². The van der Waals surface area contributed by atoms with E-state index in [2.05, 4.69) is 20.9 Å². The number of hydrogen-bond donors (Lipinski definition) is 0. The van der Waals surface area contributed by atoms with E-state index in [0.717, 1.165) is 5.88 Å². The Bertz CT molecular complexity index is 166. The molecule has 0 radical (unpaired) electrons. The van der Waals surface area contributed by atoms with Crippen molar-refractivity contribution in [3.8, 4) is 0 Å². The zero-order valence-corrected chi connectivity index (χ0v) is 16.3. The smallest absolute Gasteiger partial charge is 0.0784 e. The first kappa shape index (κ1) is 22.3. The van der Waals surface area contributed by atoms with Gasteiger partial charge in [0.05, 0.1) is 26.7 Å². The van der Waals surface area contributed by atoms with Gasteiger partial charge < -0.3 is 28.5 Å². The number of rotatable bonds is 13. The Morgan fingerprint density at radius 1 is 0.684 bits per heavy atom. The lowest BCUT2D eigenvalue weighted by Gasteiger charge is -2.35. The summed E-state index contributed by atoms with van der Waals surface area (Å²) in [6.07, 6.45) is 12.1. The van der Waals surface area contributed by atoms with Gasteiger partial charge in [0, 0.05) is 5.88 Å². The zero-order chi connectivity index (χ0) is 13.7. The SMILES string of the molecule is CCCCCC[N+](C)(CCCCC)CCCCCl.[I-]. The first-order valence-electron chi connectivity index (χ1n) is 8.08. The number of quaternary nitrogens is 1. The van der Waals surface area contributed by atoms with E-state index in [1.165, 1.54) is 81.9 Å². The Morgan fingerprint density at radius 2 is 1.11 bits per heavy atom. The van der Waals surface area contributed by atoms with E-state index in [9.17, 15) is 0 Å². The first-order valence-corrected chi connectivity index (χ1v) is 8.61. The van der Waals surface area contributed by atoms with Crippen molar-refractivity contribution in [3.05, 3.63) is 0 Å². The van der Waals surface area contributed by atoms with Gasteiger partial charge in [-0.15, -0.1) is 11.6 Å². The van der Waals surface area contributed by atoms with E-state index in [4.69, 9.17) is 11.6 Å². The van der Waals surface area contributed by atoms with Crippen molar-refractivity contribution in [2.45, 2.75) is 71.6 Å². The molecule has 0 amide bonds. The van der Waals surface area contributed by atoms with E-state index < -0.39 is 0 Å². The van der Waals surface area contributed by atoms with Crippen molar-refractivity contribution in [1.82, 2.24) is 0 Å². The largest absolute Gasteiger partial charge is 1.00 e. The average Bonchev–Trinajstić information content (AvgIpc) is 2.36. The molecule has 1 unspecified atom stereocenters. The second-order valence-corrected chi connectivity index (χ2v) is 6.33. The van der Waals surface area contributed by atoms with Gasteiger partial charge in [-0.05, 0) is 38.5 Å². The van der Waals surface area contributed by atoms with Crippen LogP contribution in [0.5, 0.6) is 0 Å². The topological polar surface area (TPSA) is 0 Å². The predicted octanol–water partition coefficient (Wildman–Crippen LogP) is 2.23. The molecule has 0 fully saturated rings. The fourth-order valence-electron chi connectivity index (χ4n) is 2.59. The highest BCUT2D eigenvalue weighted by atomic mass is 127. The van der Waals surface area contributed by atoms with E-state index in [-0.39, 0.29) is 24.0 Å². The molecule has 0 aliphatic carbocycles. The monoisotopic (exact) mass is 403 g/mol. The van der Waals surface area contributed by atoms with Crippen molar-refractivity contribution in [2.75, 3.05) is 32.6 Å². The summed E-state index contributed by atoms with van der Waals surface area (Å²) in [5.74, 6) is 0.824. The third-order valence-corrected chi connectivity index (χ3v) is 4.20. The van der Waals surface area contributed by atoms with Gasteiger partial charge in [-0.25, -0.2) is 0 Å². The maximum absolute atomic E-state index is 5.80. The number of halogens is 2. The Morgan fingerprint density at radius 3 is 1.58 bits per heavy atom. The summed E-state index contributed by atoms with van der Waals surface area (Å²) in [5.41, 5.74) is 0. The summed E-state index contributed by atoms with van der Waals surface area (Å²) in [7, 11) is 2.45. The Kier molecular flexibility index (Phi) is 18.0. The standard InChI is InChI=1S/C16H35ClN.HI/c1-4-6-8-11-15-18(3,14-10-7-5-2)16-12-9-13-17;/h4-16H2,1-3H3;1H/q+1;/p-1. The van der Waals surface area contributed by atoms with Gasteiger partial charge in [0.1, 0.15) is 0 Å². The number of alkyl halides is 1. The molecular weight excluding hydrogens is 369 g/mol. The summed E-state index contributed by atoms with van der Waals surface area (Å²) in [4.78, 5) is 0. The van der Waals surface area contributed by atoms with Crippen LogP contribution in [0.25, 0.3) is 0 Å². The molecule has 0 heterocycles. The second kappa shape index (κ2) is 15.4. The zero-order valence-electron chi connectivity index (χ0n) is 13.4. The minimum atomic E-state index is 0. The van der Waals surface area contributed by atoms with Crippen LogP contribution < -0.4 is 24.0 Å². The average molecular weight is 404 g/mol. The molecular formula is C16H35ClIN. The summed E-state index contributed by atoms with van der Waals surface area (Å²) in [5, 5.41) is 0. The van der Waals surface area contributed by atoms with Crippen molar-refractivity contribution >= 4 is 11.6 Å². The molecule has 0 saturated heterocycles. The van der Waals surface area contributed by atoms with Crippen molar-refractivity contribution in [1.29, 1.82) is 0 Å². The lowest BCUT2D eigenvalue weighted by atomic mass is 10.1. The van der Waals surface area contributed by atoms with Gasteiger partial charge >= 0.3 is 0 Å². The van der Waals surface area contributed by atoms with Gasteiger partial charge in [0.2, 0.25) is 0 Å². The minimum Gasteiger partial charge on any atom is -1.00 e. The second-order valence-electron chi connectivity index (χ2n) is 5.95. The third kappa shape index (κ3) is 13.7. The van der Waals surface area contributed by atoms with Crippen LogP contribution in [-0.4, -0.2) is 37.0 Å². The van der Waals surface area contributed by atoms with Crippen LogP contribution in [-0.2, 0) is 0 Å². The molecule has 3 heteroatoms. The van der Waals surface area contributed by atoms with Crippen LogP contribution in [0.3, 0.4) is 0 Å². The number of hydrogen-bond acceptors (Lipinski definition) is 0. The molecule has 118 valence electrons. The fourth-order valence-corrected chi connectivity index (χ4v) is 2.78. The fraction of sp³-hybridized carbons (Fsp3) is 1.00.